The molecule has 5 heteroatoms. The molecule has 4 nitrogen and oxygen atoms in total. The van der Waals surface area contributed by atoms with Gasteiger partial charge < -0.3 is 15.6 Å². The van der Waals surface area contributed by atoms with E-state index in [2.05, 4.69) is 0 Å². The number of hydrogen-bond donors (Lipinski definition) is 2. The molecule has 0 aliphatic rings. The Kier molecular flexibility index (Phi) is 5.42. The number of halogens is 1. The van der Waals surface area contributed by atoms with Gasteiger partial charge in [0, 0.05) is 6.42 Å². The van der Waals surface area contributed by atoms with Crippen molar-refractivity contribution >= 4 is 5.97 Å². The van der Waals surface area contributed by atoms with E-state index >= 15 is 0 Å². The zero-order valence-electron chi connectivity index (χ0n) is 9.43. The van der Waals surface area contributed by atoms with Crippen molar-refractivity contribution in [1.82, 2.24) is 0 Å². The summed E-state index contributed by atoms with van der Waals surface area (Å²) < 4.78 is 16.6. The molecule has 0 fully saturated rings. The van der Waals surface area contributed by atoms with Gasteiger partial charge in [0.1, 0.15) is 11.8 Å². The largest absolute Gasteiger partial charge is 0.508 e. The van der Waals surface area contributed by atoms with Gasteiger partial charge >= 0.3 is 5.97 Å². The van der Waals surface area contributed by atoms with Gasteiger partial charge in [-0.1, -0.05) is 12.1 Å². The van der Waals surface area contributed by atoms with Crippen molar-refractivity contribution in [3.05, 3.63) is 29.8 Å². The van der Waals surface area contributed by atoms with Crippen molar-refractivity contribution < 1.29 is 19.0 Å². The normalized spacial score (nSPS) is 12.1. The summed E-state index contributed by atoms with van der Waals surface area (Å²) in [6, 6.07) is 5.65. The number of carbonyl (C=O) groups is 1. The molecular weight excluding hydrogens is 225 g/mol. The second-order valence-electron chi connectivity index (χ2n) is 3.69. The van der Waals surface area contributed by atoms with E-state index in [1.54, 1.807) is 12.1 Å². The maximum Gasteiger partial charge on any atom is 0.323 e. The van der Waals surface area contributed by atoms with Crippen LogP contribution in [0, 0.1) is 0 Å². The van der Waals surface area contributed by atoms with Crippen molar-refractivity contribution in [3.8, 4) is 5.75 Å². The van der Waals surface area contributed by atoms with Gasteiger partial charge in [0.2, 0.25) is 0 Å². The molecular formula is C12H16FNO3. The summed E-state index contributed by atoms with van der Waals surface area (Å²) in [5.74, 6) is -0.376. The smallest absolute Gasteiger partial charge is 0.323 e. The first-order chi connectivity index (χ1) is 8.13. The third-order valence-corrected chi connectivity index (χ3v) is 2.22. The van der Waals surface area contributed by atoms with Crippen LogP contribution in [0.3, 0.4) is 0 Å². The number of alkyl halides is 1. The van der Waals surface area contributed by atoms with Crippen LogP contribution in [0.15, 0.2) is 24.3 Å². The summed E-state index contributed by atoms with van der Waals surface area (Å²) in [5, 5.41) is 9.08. The van der Waals surface area contributed by atoms with Gasteiger partial charge in [0.15, 0.2) is 0 Å². The van der Waals surface area contributed by atoms with Gasteiger partial charge in [-0.25, -0.2) is 0 Å². The van der Waals surface area contributed by atoms with Gasteiger partial charge in [0.05, 0.1) is 13.3 Å². The molecule has 0 saturated heterocycles. The Morgan fingerprint density at radius 1 is 1.41 bits per heavy atom. The highest BCUT2D eigenvalue weighted by Crippen LogP contribution is 2.11. The molecule has 1 rings (SSSR count). The number of phenolic OH excluding ortho intramolecular Hbond substituents is 1. The molecule has 94 valence electrons. The minimum Gasteiger partial charge on any atom is -0.508 e. The molecule has 17 heavy (non-hydrogen) atoms. The highest BCUT2D eigenvalue weighted by atomic mass is 19.1. The number of nitrogens with two attached hydrogens (primary N) is 1. The Hall–Kier alpha value is -1.62. The monoisotopic (exact) mass is 241 g/mol. The van der Waals surface area contributed by atoms with Crippen molar-refractivity contribution in [3.63, 3.8) is 0 Å². The van der Waals surface area contributed by atoms with Crippen molar-refractivity contribution in [2.45, 2.75) is 18.9 Å². The fourth-order valence-electron chi connectivity index (χ4n) is 1.30. The van der Waals surface area contributed by atoms with Crippen LogP contribution < -0.4 is 5.73 Å². The molecule has 1 aromatic carbocycles. The number of benzene rings is 1. The van der Waals surface area contributed by atoms with Gasteiger partial charge in [-0.3, -0.25) is 9.18 Å². The highest BCUT2D eigenvalue weighted by molar-refractivity contribution is 5.75. The minimum atomic E-state index is -0.765. The zero-order chi connectivity index (χ0) is 12.7. The molecule has 0 saturated carbocycles. The van der Waals surface area contributed by atoms with Crippen LogP contribution in [0.2, 0.25) is 0 Å². The summed E-state index contributed by atoms with van der Waals surface area (Å²) in [6.07, 6.45) is 0.520. The molecule has 0 amide bonds. The van der Waals surface area contributed by atoms with Crippen molar-refractivity contribution in [2.24, 2.45) is 5.73 Å². The lowest BCUT2D eigenvalue weighted by Crippen LogP contribution is -2.34. The van der Waals surface area contributed by atoms with Crippen LogP contribution in [0.4, 0.5) is 4.39 Å². The number of rotatable bonds is 6. The van der Waals surface area contributed by atoms with Crippen molar-refractivity contribution in [1.29, 1.82) is 0 Å². The fraction of sp³-hybridized carbons (Fsp3) is 0.417. The third-order valence-electron chi connectivity index (χ3n) is 2.22. The van der Waals surface area contributed by atoms with E-state index in [0.717, 1.165) is 5.56 Å². The number of esters is 1. The van der Waals surface area contributed by atoms with Crippen molar-refractivity contribution in [2.75, 3.05) is 13.3 Å². The van der Waals surface area contributed by atoms with E-state index in [9.17, 15) is 9.18 Å². The highest BCUT2D eigenvalue weighted by Gasteiger charge is 2.15. The van der Waals surface area contributed by atoms with Gasteiger partial charge in [-0.2, -0.15) is 0 Å². The van der Waals surface area contributed by atoms with Crippen LogP contribution in [0.25, 0.3) is 0 Å². The van der Waals surface area contributed by atoms with E-state index in [1.807, 2.05) is 0 Å². The summed E-state index contributed by atoms with van der Waals surface area (Å²) in [5.41, 5.74) is 6.47. The molecule has 3 N–H and O–H groups in total. The van der Waals surface area contributed by atoms with E-state index in [-0.39, 0.29) is 18.8 Å². The molecule has 0 heterocycles. The van der Waals surface area contributed by atoms with E-state index < -0.39 is 18.7 Å². The van der Waals surface area contributed by atoms with Crippen LogP contribution >= 0.6 is 0 Å². The second kappa shape index (κ2) is 6.85. The summed E-state index contributed by atoms with van der Waals surface area (Å²) in [7, 11) is 0. The molecule has 1 aromatic rings. The van der Waals surface area contributed by atoms with Crippen LogP contribution in [-0.2, 0) is 16.0 Å². The molecule has 0 spiro atoms. The molecule has 1 atom stereocenters. The molecule has 0 aliphatic heterocycles. The van der Waals surface area contributed by atoms with E-state index in [1.165, 1.54) is 12.1 Å². The molecule has 0 aliphatic carbocycles. The average molecular weight is 241 g/mol. The maximum absolute atomic E-state index is 11.8. The Morgan fingerprint density at radius 3 is 2.65 bits per heavy atom. The number of ether oxygens (including phenoxy) is 1. The molecule has 0 unspecified atom stereocenters. The van der Waals surface area contributed by atoms with Gasteiger partial charge in [0.25, 0.3) is 0 Å². The number of carbonyl (C=O) groups excluding carboxylic acids is 1. The first kappa shape index (κ1) is 13.4. The maximum atomic E-state index is 11.8. The Bertz CT molecular complexity index is 353. The fourth-order valence-corrected chi connectivity index (χ4v) is 1.30. The lowest BCUT2D eigenvalue weighted by atomic mass is 10.1. The molecule has 0 aromatic heterocycles. The van der Waals surface area contributed by atoms with Crippen LogP contribution in [0.1, 0.15) is 12.0 Å². The average Bonchev–Trinajstić information content (AvgIpc) is 2.32. The zero-order valence-corrected chi connectivity index (χ0v) is 9.43. The SMILES string of the molecule is N[C@@H](Cc1ccc(O)cc1)C(=O)OCCCF. The summed E-state index contributed by atoms with van der Waals surface area (Å²) in [4.78, 5) is 11.4. The Balaban J connectivity index is 2.40. The quantitative estimate of drug-likeness (QED) is 0.579. The lowest BCUT2D eigenvalue weighted by molar-refractivity contribution is -0.145. The standard InChI is InChI=1S/C12H16FNO3/c13-6-1-7-17-12(16)11(14)8-9-2-4-10(15)5-3-9/h2-5,11,15H,1,6-8,14H2/t11-/m0/s1. The molecule has 0 bridgehead atoms. The lowest BCUT2D eigenvalue weighted by Gasteiger charge is -2.11. The topological polar surface area (TPSA) is 72.5 Å². The second-order valence-corrected chi connectivity index (χ2v) is 3.69. The van der Waals surface area contributed by atoms with E-state index in [0.29, 0.717) is 6.42 Å². The molecule has 0 radical (unpaired) electrons. The van der Waals surface area contributed by atoms with E-state index in [4.69, 9.17) is 15.6 Å². The number of aromatic hydroxyl groups is 1. The first-order valence-corrected chi connectivity index (χ1v) is 5.39. The van der Waals surface area contributed by atoms with Crippen LogP contribution in [-0.4, -0.2) is 30.4 Å². The van der Waals surface area contributed by atoms with Gasteiger partial charge in [-0.05, 0) is 24.1 Å². The minimum absolute atomic E-state index is 0.0542. The number of hydrogen-bond acceptors (Lipinski definition) is 4. The summed E-state index contributed by atoms with van der Waals surface area (Å²) >= 11 is 0. The third kappa shape index (κ3) is 4.82. The first-order valence-electron chi connectivity index (χ1n) is 5.39. The predicted octanol–water partition coefficient (Wildman–Crippen LogP) is 1.16. The Morgan fingerprint density at radius 2 is 2.06 bits per heavy atom. The van der Waals surface area contributed by atoms with Crippen LogP contribution in [0.5, 0.6) is 5.75 Å². The van der Waals surface area contributed by atoms with Gasteiger partial charge in [-0.15, -0.1) is 0 Å². The summed E-state index contributed by atoms with van der Waals surface area (Å²) in [6.45, 7) is -0.459. The predicted molar refractivity (Wildman–Crippen MR) is 61.3 cm³/mol. The number of phenols is 1. The Labute approximate surface area is 99.2 Å².